The summed E-state index contributed by atoms with van der Waals surface area (Å²) in [5.74, 6) is 4.61. The summed E-state index contributed by atoms with van der Waals surface area (Å²) in [6.45, 7) is 0. The van der Waals surface area contributed by atoms with Gasteiger partial charge in [-0.15, -0.1) is 0 Å². The van der Waals surface area contributed by atoms with Crippen LogP contribution in [-0.2, 0) is 6.42 Å². The fourth-order valence-corrected chi connectivity index (χ4v) is 2.44. The highest BCUT2D eigenvalue weighted by Gasteiger charge is 2.16. The zero-order chi connectivity index (χ0) is 14.7. The fourth-order valence-electron chi connectivity index (χ4n) is 1.94. The average Bonchev–Trinajstić information content (AvgIpc) is 2.43. The molecule has 3 N–H and O–H groups in total. The molecule has 2 aromatic carbocycles. The van der Waals surface area contributed by atoms with Crippen molar-refractivity contribution in [1.29, 1.82) is 0 Å². The number of nitrogens with one attached hydrogen (secondary N) is 1. The van der Waals surface area contributed by atoms with Gasteiger partial charge in [-0.1, -0.05) is 33.6 Å². The van der Waals surface area contributed by atoms with Gasteiger partial charge < -0.3 is 0 Å². The Kier molecular flexibility index (Phi) is 5.10. The molecule has 6 heteroatoms. The monoisotopic (exact) mass is 360 g/mol. The Labute approximate surface area is 129 Å². The van der Waals surface area contributed by atoms with Gasteiger partial charge in [0.1, 0.15) is 11.6 Å². The number of rotatable bonds is 4. The van der Waals surface area contributed by atoms with Crippen molar-refractivity contribution in [3.05, 3.63) is 68.7 Å². The van der Waals surface area contributed by atoms with Crippen LogP contribution in [0.5, 0.6) is 0 Å². The van der Waals surface area contributed by atoms with Gasteiger partial charge in [-0.2, -0.15) is 0 Å². The van der Waals surface area contributed by atoms with Crippen molar-refractivity contribution >= 4 is 27.5 Å². The molecule has 0 fully saturated rings. The van der Waals surface area contributed by atoms with Gasteiger partial charge in [-0.25, -0.2) is 8.78 Å². The van der Waals surface area contributed by atoms with E-state index in [-0.39, 0.29) is 10.8 Å². The van der Waals surface area contributed by atoms with Gasteiger partial charge in [0.25, 0.3) is 0 Å². The van der Waals surface area contributed by atoms with E-state index in [4.69, 9.17) is 17.4 Å². The maximum atomic E-state index is 13.8. The first-order chi connectivity index (χ1) is 9.51. The van der Waals surface area contributed by atoms with Crippen LogP contribution in [0, 0.1) is 11.6 Å². The predicted octanol–water partition coefficient (Wildman–Crippen LogP) is 4.13. The lowest BCUT2D eigenvalue weighted by atomic mass is 9.99. The fraction of sp³-hybridized carbons (Fsp3) is 0.143. The highest BCUT2D eigenvalue weighted by molar-refractivity contribution is 9.10. The first-order valence-electron chi connectivity index (χ1n) is 5.86. The minimum absolute atomic E-state index is 0.0552. The second-order valence-electron chi connectivity index (χ2n) is 4.34. The highest BCUT2D eigenvalue weighted by Crippen LogP contribution is 2.25. The van der Waals surface area contributed by atoms with Crippen LogP contribution in [0.25, 0.3) is 0 Å². The van der Waals surface area contributed by atoms with Crippen LogP contribution >= 0.6 is 27.5 Å². The molecule has 0 radical (unpaired) electrons. The van der Waals surface area contributed by atoms with Gasteiger partial charge >= 0.3 is 0 Å². The minimum atomic E-state index is -0.505. The molecule has 0 saturated carbocycles. The molecule has 0 aliphatic carbocycles. The molecule has 1 atom stereocenters. The lowest BCUT2D eigenvalue weighted by Gasteiger charge is -2.17. The molecule has 20 heavy (non-hydrogen) atoms. The molecule has 1 unspecified atom stereocenters. The summed E-state index contributed by atoms with van der Waals surface area (Å²) >= 11 is 8.92. The number of halogens is 4. The molecule has 0 bridgehead atoms. The molecular weight excluding hydrogens is 350 g/mol. The zero-order valence-electron chi connectivity index (χ0n) is 10.3. The minimum Gasteiger partial charge on any atom is -0.271 e. The van der Waals surface area contributed by atoms with Crippen molar-refractivity contribution in [3.63, 3.8) is 0 Å². The Morgan fingerprint density at radius 2 is 1.90 bits per heavy atom. The van der Waals surface area contributed by atoms with E-state index < -0.39 is 11.9 Å². The normalized spacial score (nSPS) is 12.4. The highest BCUT2D eigenvalue weighted by atomic mass is 79.9. The number of hydrogen-bond donors (Lipinski definition) is 2. The van der Waals surface area contributed by atoms with Crippen molar-refractivity contribution in [2.45, 2.75) is 12.5 Å². The number of hydrazine groups is 1. The Bertz CT molecular complexity index is 622. The summed E-state index contributed by atoms with van der Waals surface area (Å²) in [5.41, 5.74) is 3.64. The molecule has 0 amide bonds. The van der Waals surface area contributed by atoms with E-state index in [1.807, 2.05) is 0 Å². The quantitative estimate of drug-likeness (QED) is 0.635. The molecule has 2 aromatic rings. The molecule has 2 rings (SSSR count). The Balaban J connectivity index is 2.28. The van der Waals surface area contributed by atoms with E-state index in [1.54, 1.807) is 18.2 Å². The van der Waals surface area contributed by atoms with Crippen LogP contribution in [0.1, 0.15) is 17.2 Å². The van der Waals surface area contributed by atoms with Gasteiger partial charge in [0.05, 0.1) is 11.1 Å². The topological polar surface area (TPSA) is 38.0 Å². The summed E-state index contributed by atoms with van der Waals surface area (Å²) < 4.78 is 28.0. The van der Waals surface area contributed by atoms with Gasteiger partial charge in [-0.3, -0.25) is 11.3 Å². The molecule has 2 nitrogen and oxygen atoms in total. The number of nitrogens with two attached hydrogens (primary N) is 1. The summed E-state index contributed by atoms with van der Waals surface area (Å²) in [4.78, 5) is 0. The van der Waals surface area contributed by atoms with E-state index in [2.05, 4.69) is 21.4 Å². The summed E-state index contributed by atoms with van der Waals surface area (Å²) in [6, 6.07) is 8.62. The average molecular weight is 362 g/mol. The third-order valence-corrected chi connectivity index (χ3v) is 3.76. The van der Waals surface area contributed by atoms with Crippen LogP contribution in [-0.4, -0.2) is 0 Å². The molecule has 0 saturated heterocycles. The number of hydrogen-bond acceptors (Lipinski definition) is 2. The Hall–Kier alpha value is -1.01. The Morgan fingerprint density at radius 1 is 1.15 bits per heavy atom. The van der Waals surface area contributed by atoms with Crippen LogP contribution in [0.4, 0.5) is 8.78 Å². The molecular formula is C14H12BrClF2N2. The van der Waals surface area contributed by atoms with E-state index >= 15 is 0 Å². The van der Waals surface area contributed by atoms with Crippen LogP contribution in [0.15, 0.2) is 40.9 Å². The van der Waals surface area contributed by atoms with Gasteiger partial charge in [0, 0.05) is 10.0 Å². The van der Waals surface area contributed by atoms with Gasteiger partial charge in [0.2, 0.25) is 0 Å². The molecule has 0 spiro atoms. The van der Waals surface area contributed by atoms with Crippen LogP contribution in [0.2, 0.25) is 5.02 Å². The van der Waals surface area contributed by atoms with Crippen molar-refractivity contribution in [3.8, 4) is 0 Å². The first kappa shape index (κ1) is 15.4. The van der Waals surface area contributed by atoms with Crippen molar-refractivity contribution in [1.82, 2.24) is 5.43 Å². The maximum absolute atomic E-state index is 13.8. The lowest BCUT2D eigenvalue weighted by molar-refractivity contribution is 0.509. The summed E-state index contributed by atoms with van der Waals surface area (Å²) in [7, 11) is 0. The van der Waals surface area contributed by atoms with Crippen LogP contribution in [0.3, 0.4) is 0 Å². The molecule has 106 valence electrons. The molecule has 0 aliphatic rings. The van der Waals surface area contributed by atoms with E-state index in [0.29, 0.717) is 17.5 Å². The zero-order valence-corrected chi connectivity index (χ0v) is 12.7. The molecule has 0 aliphatic heterocycles. The second kappa shape index (κ2) is 6.63. The van der Waals surface area contributed by atoms with Gasteiger partial charge in [0.15, 0.2) is 0 Å². The van der Waals surface area contributed by atoms with E-state index in [0.717, 1.165) is 4.47 Å². The van der Waals surface area contributed by atoms with E-state index in [1.165, 1.54) is 18.2 Å². The SMILES string of the molecule is NNC(Cc1ccc(Cl)c(F)c1)c1cc(Br)ccc1F. The largest absolute Gasteiger partial charge is 0.271 e. The third kappa shape index (κ3) is 3.55. The van der Waals surface area contributed by atoms with Crippen molar-refractivity contribution < 1.29 is 8.78 Å². The number of benzene rings is 2. The van der Waals surface area contributed by atoms with E-state index in [9.17, 15) is 8.78 Å². The summed E-state index contributed by atoms with van der Waals surface area (Å²) in [5, 5.41) is 0.0552. The van der Waals surface area contributed by atoms with Crippen LogP contribution < -0.4 is 11.3 Å². The first-order valence-corrected chi connectivity index (χ1v) is 7.03. The standard InChI is InChI=1S/C14H12BrClF2N2/c15-9-2-4-12(17)10(7-9)14(20-19)6-8-1-3-11(16)13(18)5-8/h1-5,7,14,20H,6,19H2. The molecule has 0 aromatic heterocycles. The predicted molar refractivity (Wildman–Crippen MR) is 79.3 cm³/mol. The Morgan fingerprint density at radius 3 is 2.55 bits per heavy atom. The maximum Gasteiger partial charge on any atom is 0.142 e. The third-order valence-electron chi connectivity index (χ3n) is 2.96. The summed E-state index contributed by atoms with van der Waals surface area (Å²) in [6.07, 6.45) is 0.345. The lowest BCUT2D eigenvalue weighted by Crippen LogP contribution is -2.30. The van der Waals surface area contributed by atoms with Crippen molar-refractivity contribution in [2.75, 3.05) is 0 Å². The second-order valence-corrected chi connectivity index (χ2v) is 5.66. The van der Waals surface area contributed by atoms with Crippen molar-refractivity contribution in [2.24, 2.45) is 5.84 Å². The molecule has 0 heterocycles. The smallest absolute Gasteiger partial charge is 0.142 e. The van der Waals surface area contributed by atoms with Gasteiger partial charge in [-0.05, 0) is 42.3 Å².